The van der Waals surface area contributed by atoms with Gasteiger partial charge in [-0.1, -0.05) is 6.92 Å². The quantitative estimate of drug-likeness (QED) is 0.391. The number of cyclic esters (lactones) is 1. The number of rotatable bonds is 3. The Morgan fingerprint density at radius 3 is 2.71 bits per heavy atom. The van der Waals surface area contributed by atoms with Gasteiger partial charge in [0.15, 0.2) is 5.79 Å². The highest BCUT2D eigenvalue weighted by molar-refractivity contribution is 5.71. The van der Waals surface area contributed by atoms with Crippen molar-refractivity contribution in [3.8, 4) is 0 Å². The molecule has 1 unspecified atom stereocenters. The Bertz CT molecular complexity index is 230. The number of methoxy groups -OCH3 is 2. The van der Waals surface area contributed by atoms with Crippen molar-refractivity contribution in [2.45, 2.75) is 31.7 Å². The molecule has 0 bridgehead atoms. The fourth-order valence-electron chi connectivity index (χ4n) is 1.35. The lowest BCUT2D eigenvalue weighted by Gasteiger charge is -2.24. The Balaban J connectivity index is 2.84. The highest BCUT2D eigenvalue weighted by Gasteiger charge is 2.33. The first-order valence-corrected chi connectivity index (χ1v) is 4.65. The molecule has 4 nitrogen and oxygen atoms in total. The smallest absolute Gasteiger partial charge is 0.312 e. The zero-order valence-corrected chi connectivity index (χ0v) is 8.78. The maximum Gasteiger partial charge on any atom is 0.312 e. The van der Waals surface area contributed by atoms with Crippen molar-refractivity contribution in [1.29, 1.82) is 0 Å². The number of esters is 1. The van der Waals surface area contributed by atoms with Gasteiger partial charge in [-0.2, -0.15) is 0 Å². The average molecular weight is 200 g/mol. The van der Waals surface area contributed by atoms with Crippen molar-refractivity contribution in [2.24, 2.45) is 0 Å². The van der Waals surface area contributed by atoms with Crippen molar-refractivity contribution >= 4 is 5.97 Å². The third-order valence-electron chi connectivity index (χ3n) is 2.33. The van der Waals surface area contributed by atoms with Crippen LogP contribution < -0.4 is 0 Å². The van der Waals surface area contributed by atoms with E-state index in [1.54, 1.807) is 12.2 Å². The standard InChI is InChI=1S/C10H16O4/c1-4-8-5-6-10(12-2,13-3)7-9(11)14-8/h5-6,8H,4,7H2,1-3H3. The maximum atomic E-state index is 11.4. The minimum absolute atomic E-state index is 0.0903. The molecule has 0 fully saturated rings. The van der Waals surface area contributed by atoms with Gasteiger partial charge in [-0.15, -0.1) is 0 Å². The summed E-state index contributed by atoms with van der Waals surface area (Å²) < 4.78 is 15.5. The molecule has 0 saturated carbocycles. The van der Waals surface area contributed by atoms with Crippen molar-refractivity contribution < 1.29 is 19.0 Å². The van der Waals surface area contributed by atoms with Gasteiger partial charge in [-0.05, 0) is 18.6 Å². The second-order valence-corrected chi connectivity index (χ2v) is 3.19. The summed E-state index contributed by atoms with van der Waals surface area (Å²) in [6, 6.07) is 0. The minimum Gasteiger partial charge on any atom is -0.458 e. The third kappa shape index (κ3) is 2.33. The number of carbonyl (C=O) groups excluding carboxylic acids is 1. The summed E-state index contributed by atoms with van der Waals surface area (Å²) in [7, 11) is 3.01. The predicted octanol–water partition coefficient (Wildman–Crippen LogP) is 1.26. The SMILES string of the molecule is CCC1C=CC(OC)(OC)CC(=O)O1. The molecule has 0 amide bonds. The van der Waals surface area contributed by atoms with Gasteiger partial charge in [0.1, 0.15) is 12.5 Å². The molecule has 80 valence electrons. The van der Waals surface area contributed by atoms with Crippen molar-refractivity contribution in [3.05, 3.63) is 12.2 Å². The van der Waals surface area contributed by atoms with Crippen LogP contribution in [0.5, 0.6) is 0 Å². The second-order valence-electron chi connectivity index (χ2n) is 3.19. The van der Waals surface area contributed by atoms with Gasteiger partial charge in [0.2, 0.25) is 0 Å². The molecule has 1 heterocycles. The average Bonchev–Trinajstić information content (AvgIpc) is 2.37. The monoisotopic (exact) mass is 200 g/mol. The molecular weight excluding hydrogens is 184 g/mol. The van der Waals surface area contributed by atoms with Gasteiger partial charge in [-0.3, -0.25) is 4.79 Å². The molecule has 0 aromatic rings. The highest BCUT2D eigenvalue weighted by atomic mass is 16.7. The predicted molar refractivity (Wildman–Crippen MR) is 50.7 cm³/mol. The van der Waals surface area contributed by atoms with E-state index in [0.717, 1.165) is 6.42 Å². The van der Waals surface area contributed by atoms with Crippen LogP contribution in [0, 0.1) is 0 Å². The van der Waals surface area contributed by atoms with Crippen LogP contribution in [0.1, 0.15) is 19.8 Å². The Morgan fingerprint density at radius 2 is 2.21 bits per heavy atom. The van der Waals surface area contributed by atoms with E-state index in [1.807, 2.05) is 6.92 Å². The van der Waals surface area contributed by atoms with Crippen molar-refractivity contribution in [2.75, 3.05) is 14.2 Å². The molecule has 1 aliphatic rings. The lowest BCUT2D eigenvalue weighted by Crippen LogP contribution is -2.33. The Morgan fingerprint density at radius 1 is 1.57 bits per heavy atom. The number of hydrogen-bond acceptors (Lipinski definition) is 4. The molecule has 0 aromatic carbocycles. The third-order valence-corrected chi connectivity index (χ3v) is 2.33. The highest BCUT2D eigenvalue weighted by Crippen LogP contribution is 2.23. The summed E-state index contributed by atoms with van der Waals surface area (Å²) >= 11 is 0. The van der Waals surface area contributed by atoms with E-state index in [-0.39, 0.29) is 18.5 Å². The van der Waals surface area contributed by atoms with E-state index in [2.05, 4.69) is 0 Å². The first kappa shape index (κ1) is 11.2. The van der Waals surface area contributed by atoms with E-state index < -0.39 is 5.79 Å². The van der Waals surface area contributed by atoms with Crippen LogP contribution in [0.3, 0.4) is 0 Å². The summed E-state index contributed by atoms with van der Waals surface area (Å²) in [5.41, 5.74) is 0. The zero-order valence-electron chi connectivity index (χ0n) is 8.78. The topological polar surface area (TPSA) is 44.8 Å². The van der Waals surface area contributed by atoms with Crippen molar-refractivity contribution in [3.63, 3.8) is 0 Å². The van der Waals surface area contributed by atoms with Crippen LogP contribution >= 0.6 is 0 Å². The Hall–Kier alpha value is -0.870. The second kappa shape index (κ2) is 4.57. The van der Waals surface area contributed by atoms with E-state index in [1.165, 1.54) is 14.2 Å². The van der Waals surface area contributed by atoms with Gasteiger partial charge in [0.25, 0.3) is 0 Å². The van der Waals surface area contributed by atoms with E-state index in [0.29, 0.717) is 0 Å². The summed E-state index contributed by atoms with van der Waals surface area (Å²) in [6.07, 6.45) is 4.22. The number of ether oxygens (including phenoxy) is 3. The summed E-state index contributed by atoms with van der Waals surface area (Å²) in [5.74, 6) is -1.26. The normalized spacial score (nSPS) is 25.6. The molecule has 0 N–H and O–H groups in total. The number of hydrogen-bond donors (Lipinski definition) is 0. The first-order valence-electron chi connectivity index (χ1n) is 4.65. The molecule has 1 atom stereocenters. The lowest BCUT2D eigenvalue weighted by atomic mass is 10.1. The molecule has 0 saturated heterocycles. The van der Waals surface area contributed by atoms with Crippen LogP contribution in [-0.2, 0) is 19.0 Å². The van der Waals surface area contributed by atoms with E-state index in [4.69, 9.17) is 14.2 Å². The largest absolute Gasteiger partial charge is 0.458 e. The zero-order chi connectivity index (χ0) is 10.6. The molecular formula is C10H16O4. The van der Waals surface area contributed by atoms with Crippen LogP contribution in [0.4, 0.5) is 0 Å². The van der Waals surface area contributed by atoms with Gasteiger partial charge in [-0.25, -0.2) is 0 Å². The Kier molecular flexibility index (Phi) is 3.66. The lowest BCUT2D eigenvalue weighted by molar-refractivity contribution is -0.187. The molecule has 4 heteroatoms. The molecule has 0 spiro atoms. The van der Waals surface area contributed by atoms with E-state index >= 15 is 0 Å². The molecule has 0 aromatic heterocycles. The van der Waals surface area contributed by atoms with Crippen LogP contribution in [-0.4, -0.2) is 32.1 Å². The van der Waals surface area contributed by atoms with Gasteiger partial charge in [0.05, 0.1) is 0 Å². The van der Waals surface area contributed by atoms with Crippen LogP contribution in [0.2, 0.25) is 0 Å². The fraction of sp³-hybridized carbons (Fsp3) is 0.700. The first-order chi connectivity index (χ1) is 6.65. The molecule has 14 heavy (non-hydrogen) atoms. The van der Waals surface area contributed by atoms with Gasteiger partial charge >= 0.3 is 5.97 Å². The molecule has 0 radical (unpaired) electrons. The fourth-order valence-corrected chi connectivity index (χ4v) is 1.35. The van der Waals surface area contributed by atoms with Crippen LogP contribution in [0.25, 0.3) is 0 Å². The van der Waals surface area contributed by atoms with Gasteiger partial charge in [0, 0.05) is 14.2 Å². The summed E-state index contributed by atoms with van der Waals surface area (Å²) in [4.78, 5) is 11.4. The Labute approximate surface area is 83.8 Å². The molecule has 1 rings (SSSR count). The minimum atomic E-state index is -0.957. The van der Waals surface area contributed by atoms with Gasteiger partial charge < -0.3 is 14.2 Å². The molecule has 1 aliphatic heterocycles. The summed E-state index contributed by atoms with van der Waals surface area (Å²) in [5, 5.41) is 0. The van der Waals surface area contributed by atoms with Crippen molar-refractivity contribution in [1.82, 2.24) is 0 Å². The summed E-state index contributed by atoms with van der Waals surface area (Å²) in [6.45, 7) is 1.95. The van der Waals surface area contributed by atoms with Crippen LogP contribution in [0.15, 0.2) is 12.2 Å². The van der Waals surface area contributed by atoms with E-state index in [9.17, 15) is 4.79 Å². The number of carbonyl (C=O) groups is 1. The molecule has 0 aliphatic carbocycles. The maximum absolute atomic E-state index is 11.4.